The van der Waals surface area contributed by atoms with E-state index < -0.39 is 0 Å². The van der Waals surface area contributed by atoms with E-state index in [1.807, 2.05) is 36.4 Å². The Morgan fingerprint density at radius 3 is 2.52 bits per heavy atom. The van der Waals surface area contributed by atoms with Crippen LogP contribution in [0.15, 0.2) is 53.5 Å². The molecule has 2 aromatic carbocycles. The molecule has 3 heteroatoms. The number of phenolic OH excluding ortho intramolecular Hbond substituents is 1. The van der Waals surface area contributed by atoms with Crippen molar-refractivity contribution in [1.82, 2.24) is 0 Å². The van der Waals surface area contributed by atoms with Gasteiger partial charge in [0.05, 0.1) is 0 Å². The van der Waals surface area contributed by atoms with Crippen molar-refractivity contribution in [3.8, 4) is 5.75 Å². The van der Waals surface area contributed by atoms with E-state index in [-0.39, 0.29) is 5.41 Å². The Bertz CT molecular complexity index is 648. The number of nitrogens with zero attached hydrogens (tertiary/aromatic N) is 1. The summed E-state index contributed by atoms with van der Waals surface area (Å²) in [7, 11) is 1.69. The quantitative estimate of drug-likeness (QED) is 0.616. The van der Waals surface area contributed by atoms with Gasteiger partial charge in [-0.1, -0.05) is 56.3 Å². The maximum absolute atomic E-state index is 10.7. The first kappa shape index (κ1) is 17.2. The van der Waals surface area contributed by atoms with E-state index in [9.17, 15) is 5.11 Å². The van der Waals surface area contributed by atoms with Crippen LogP contribution in [0.3, 0.4) is 0 Å². The van der Waals surface area contributed by atoms with Crippen LogP contribution in [0.4, 0.5) is 0 Å². The minimum atomic E-state index is -0.273. The molecule has 0 aliphatic rings. The molecule has 0 bridgehead atoms. The number of benzene rings is 2. The first-order valence-electron chi connectivity index (χ1n) is 7.94. The van der Waals surface area contributed by atoms with Crippen molar-refractivity contribution in [3.05, 3.63) is 65.2 Å². The maximum atomic E-state index is 10.7. The van der Waals surface area contributed by atoms with Gasteiger partial charge in [-0.2, -0.15) is 0 Å². The number of aliphatic imine (C=N–C) groups is 1. The molecular formula is C20H25NO2. The lowest BCUT2D eigenvalue weighted by Gasteiger charge is -2.27. The highest BCUT2D eigenvalue weighted by Gasteiger charge is 2.26. The molecule has 0 unspecified atom stereocenters. The summed E-state index contributed by atoms with van der Waals surface area (Å²) < 4.78 is 5.01. The van der Waals surface area contributed by atoms with Crippen LogP contribution in [0, 0.1) is 0 Å². The molecule has 0 saturated carbocycles. The number of methoxy groups -OCH3 is 1. The molecular weight excluding hydrogens is 286 g/mol. The largest absolute Gasteiger partial charge is 0.507 e. The second kappa shape index (κ2) is 7.93. The summed E-state index contributed by atoms with van der Waals surface area (Å²) in [4.78, 5) is 4.37. The minimum absolute atomic E-state index is 0.273. The molecule has 0 radical (unpaired) electrons. The van der Waals surface area contributed by atoms with Crippen molar-refractivity contribution in [2.75, 3.05) is 20.3 Å². The maximum Gasteiger partial charge on any atom is 0.128 e. The molecule has 3 nitrogen and oxygen atoms in total. The van der Waals surface area contributed by atoms with Crippen molar-refractivity contribution in [2.45, 2.75) is 25.7 Å². The predicted octanol–water partition coefficient (Wildman–Crippen LogP) is 4.17. The van der Waals surface area contributed by atoms with Crippen LogP contribution in [0.5, 0.6) is 5.75 Å². The molecule has 0 amide bonds. The number of phenols is 1. The number of hydrogen-bond acceptors (Lipinski definition) is 3. The summed E-state index contributed by atoms with van der Waals surface area (Å²) in [6.07, 6.45) is 2.62. The molecule has 1 N–H and O–H groups in total. The van der Waals surface area contributed by atoms with Gasteiger partial charge in [-0.25, -0.2) is 0 Å². The first-order chi connectivity index (χ1) is 11.1. The standard InChI is InChI=1S/C20H25NO2/c1-20(2,17-10-5-4-6-11-17)18-12-7-9-16(19(18)22)15-21-13-8-14-23-3/h4-7,9-12,15,22H,8,13-14H2,1-3H3. The van der Waals surface area contributed by atoms with Crippen molar-refractivity contribution in [2.24, 2.45) is 4.99 Å². The average Bonchev–Trinajstić information content (AvgIpc) is 2.56. The van der Waals surface area contributed by atoms with E-state index in [1.165, 1.54) is 5.56 Å². The lowest BCUT2D eigenvalue weighted by Crippen LogP contribution is -2.19. The SMILES string of the molecule is COCCCN=Cc1cccc(C(C)(C)c2ccccc2)c1O. The average molecular weight is 311 g/mol. The fourth-order valence-electron chi connectivity index (χ4n) is 2.64. The second-order valence-electron chi connectivity index (χ2n) is 6.12. The summed E-state index contributed by atoms with van der Waals surface area (Å²) in [6.45, 7) is 5.64. The van der Waals surface area contributed by atoms with E-state index in [4.69, 9.17) is 4.74 Å². The van der Waals surface area contributed by atoms with Gasteiger partial charge in [-0.3, -0.25) is 4.99 Å². The fourth-order valence-corrected chi connectivity index (χ4v) is 2.64. The van der Waals surface area contributed by atoms with Gasteiger partial charge in [0.2, 0.25) is 0 Å². The molecule has 2 aromatic rings. The topological polar surface area (TPSA) is 41.8 Å². The van der Waals surface area contributed by atoms with Crippen LogP contribution in [-0.4, -0.2) is 31.6 Å². The Labute approximate surface area is 138 Å². The number of aromatic hydroxyl groups is 1. The summed E-state index contributed by atoms with van der Waals surface area (Å²) in [5.41, 5.74) is 2.56. The lowest BCUT2D eigenvalue weighted by molar-refractivity contribution is 0.197. The normalized spacial score (nSPS) is 12.0. The summed E-state index contributed by atoms with van der Waals surface area (Å²) in [6, 6.07) is 16.1. The van der Waals surface area contributed by atoms with Crippen LogP contribution in [-0.2, 0) is 10.2 Å². The van der Waals surface area contributed by atoms with E-state index in [1.54, 1.807) is 13.3 Å². The van der Waals surface area contributed by atoms with Gasteiger partial charge in [0.15, 0.2) is 0 Å². The Hall–Kier alpha value is -2.13. The Morgan fingerprint density at radius 2 is 1.83 bits per heavy atom. The van der Waals surface area contributed by atoms with E-state index in [0.29, 0.717) is 18.9 Å². The van der Waals surface area contributed by atoms with Gasteiger partial charge in [-0.05, 0) is 18.1 Å². The second-order valence-corrected chi connectivity index (χ2v) is 6.12. The molecule has 0 aliphatic carbocycles. The van der Waals surface area contributed by atoms with Crippen molar-refractivity contribution in [1.29, 1.82) is 0 Å². The summed E-state index contributed by atoms with van der Waals surface area (Å²) >= 11 is 0. The third-order valence-electron chi connectivity index (χ3n) is 4.10. The van der Waals surface area contributed by atoms with E-state index in [0.717, 1.165) is 17.5 Å². The zero-order chi connectivity index (χ0) is 16.7. The van der Waals surface area contributed by atoms with Crippen molar-refractivity contribution < 1.29 is 9.84 Å². The van der Waals surface area contributed by atoms with Gasteiger partial charge in [0, 0.05) is 43.0 Å². The van der Waals surface area contributed by atoms with Crippen molar-refractivity contribution in [3.63, 3.8) is 0 Å². The summed E-state index contributed by atoms with van der Waals surface area (Å²) in [5, 5.41) is 10.7. The molecule has 0 saturated heterocycles. The molecule has 0 spiro atoms. The molecule has 0 fully saturated rings. The third kappa shape index (κ3) is 4.20. The minimum Gasteiger partial charge on any atom is -0.507 e. The van der Waals surface area contributed by atoms with Crippen molar-refractivity contribution >= 4 is 6.21 Å². The third-order valence-corrected chi connectivity index (χ3v) is 4.10. The molecule has 0 heterocycles. The molecule has 0 aromatic heterocycles. The molecule has 2 rings (SSSR count). The number of rotatable bonds is 7. The van der Waals surface area contributed by atoms with Gasteiger partial charge in [-0.15, -0.1) is 0 Å². The molecule has 23 heavy (non-hydrogen) atoms. The monoisotopic (exact) mass is 311 g/mol. The lowest BCUT2D eigenvalue weighted by atomic mass is 9.77. The summed E-state index contributed by atoms with van der Waals surface area (Å²) in [5.74, 6) is 0.303. The fraction of sp³-hybridized carbons (Fsp3) is 0.350. The highest BCUT2D eigenvalue weighted by atomic mass is 16.5. The van der Waals surface area contributed by atoms with Gasteiger partial charge < -0.3 is 9.84 Å². The van der Waals surface area contributed by atoms with E-state index in [2.05, 4.69) is 31.0 Å². The highest BCUT2D eigenvalue weighted by molar-refractivity contribution is 5.84. The number of hydrogen-bond donors (Lipinski definition) is 1. The Balaban J connectivity index is 2.25. The van der Waals surface area contributed by atoms with Gasteiger partial charge in [0.1, 0.15) is 5.75 Å². The smallest absolute Gasteiger partial charge is 0.128 e. The first-order valence-corrected chi connectivity index (χ1v) is 7.94. The molecule has 0 atom stereocenters. The van der Waals surface area contributed by atoms with Gasteiger partial charge in [0.25, 0.3) is 0 Å². The van der Waals surface area contributed by atoms with Crippen LogP contribution < -0.4 is 0 Å². The molecule has 122 valence electrons. The molecule has 0 aliphatic heterocycles. The zero-order valence-electron chi connectivity index (χ0n) is 14.1. The van der Waals surface area contributed by atoms with Crippen LogP contribution in [0.2, 0.25) is 0 Å². The number of para-hydroxylation sites is 1. The Kier molecular flexibility index (Phi) is 5.94. The van der Waals surface area contributed by atoms with Crippen LogP contribution in [0.1, 0.15) is 37.0 Å². The predicted molar refractivity (Wildman–Crippen MR) is 95.6 cm³/mol. The van der Waals surface area contributed by atoms with Crippen LogP contribution >= 0.6 is 0 Å². The van der Waals surface area contributed by atoms with E-state index >= 15 is 0 Å². The Morgan fingerprint density at radius 1 is 1.09 bits per heavy atom. The highest BCUT2D eigenvalue weighted by Crippen LogP contribution is 2.37. The van der Waals surface area contributed by atoms with Gasteiger partial charge >= 0.3 is 0 Å². The number of ether oxygens (including phenoxy) is 1. The zero-order valence-corrected chi connectivity index (χ0v) is 14.1. The van der Waals surface area contributed by atoms with Crippen LogP contribution in [0.25, 0.3) is 0 Å².